The van der Waals surface area contributed by atoms with Crippen molar-refractivity contribution in [2.75, 3.05) is 5.32 Å². The second-order valence-electron chi connectivity index (χ2n) is 3.67. The van der Waals surface area contributed by atoms with E-state index in [9.17, 15) is 14.9 Å². The maximum absolute atomic E-state index is 11.9. The van der Waals surface area contributed by atoms with Crippen molar-refractivity contribution in [1.29, 1.82) is 0 Å². The van der Waals surface area contributed by atoms with Gasteiger partial charge in [0.1, 0.15) is 5.82 Å². The van der Waals surface area contributed by atoms with Gasteiger partial charge < -0.3 is 5.32 Å². The molecule has 0 unspecified atom stereocenters. The summed E-state index contributed by atoms with van der Waals surface area (Å²) in [5.74, 6) is -0.00549. The van der Waals surface area contributed by atoms with E-state index in [-0.39, 0.29) is 9.88 Å². The Morgan fingerprint density at radius 3 is 2.84 bits per heavy atom. The lowest BCUT2D eigenvalue weighted by molar-refractivity contribution is -0.380. The molecule has 19 heavy (non-hydrogen) atoms. The first-order chi connectivity index (χ1) is 8.97. The Labute approximate surface area is 120 Å². The van der Waals surface area contributed by atoms with Crippen LogP contribution in [0.5, 0.6) is 0 Å². The summed E-state index contributed by atoms with van der Waals surface area (Å²) < 4.78 is 0.845. The summed E-state index contributed by atoms with van der Waals surface area (Å²) in [6.07, 6.45) is 1.59. The molecule has 0 atom stereocenters. The van der Waals surface area contributed by atoms with E-state index in [0.29, 0.717) is 5.82 Å². The molecule has 0 saturated carbocycles. The van der Waals surface area contributed by atoms with Crippen LogP contribution in [0.2, 0.25) is 0 Å². The average molecular weight is 342 g/mol. The molecule has 0 saturated heterocycles. The number of carbonyl (C=O) groups excluding carboxylic acids is 1. The number of hydrogen-bond acceptors (Lipinski definition) is 5. The molecule has 0 aliphatic carbocycles. The zero-order chi connectivity index (χ0) is 14.0. The number of nitrogens with zero attached hydrogens (tertiary/aromatic N) is 2. The minimum absolute atomic E-state index is 0.0647. The lowest BCUT2D eigenvalue weighted by Gasteiger charge is -2.04. The van der Waals surface area contributed by atoms with E-state index >= 15 is 0 Å². The van der Waals surface area contributed by atoms with Crippen LogP contribution < -0.4 is 5.32 Å². The molecule has 1 N–H and O–H groups in total. The van der Waals surface area contributed by atoms with Gasteiger partial charge >= 0.3 is 5.00 Å². The summed E-state index contributed by atoms with van der Waals surface area (Å²) in [5.41, 5.74) is 0.933. The van der Waals surface area contributed by atoms with Crippen molar-refractivity contribution in [1.82, 2.24) is 4.98 Å². The number of nitrogens with one attached hydrogen (secondary N) is 1. The maximum Gasteiger partial charge on any atom is 0.324 e. The zero-order valence-corrected chi connectivity index (χ0v) is 12.1. The number of amides is 1. The average Bonchev–Trinajstić information content (AvgIpc) is 2.83. The summed E-state index contributed by atoms with van der Waals surface area (Å²) in [5, 5.41) is 13.1. The lowest BCUT2D eigenvalue weighted by Crippen LogP contribution is -2.11. The van der Waals surface area contributed by atoms with Gasteiger partial charge in [-0.2, -0.15) is 0 Å². The predicted octanol–water partition coefficient (Wildman–Crippen LogP) is 3.37. The molecule has 2 aromatic heterocycles. The molecule has 1 amide bonds. The number of rotatable bonds is 3. The summed E-state index contributed by atoms with van der Waals surface area (Å²) >= 11 is 4.14. The molecular formula is C11H8BrN3O3S. The number of hydrogen-bond donors (Lipinski definition) is 1. The Morgan fingerprint density at radius 1 is 1.53 bits per heavy atom. The van der Waals surface area contributed by atoms with Gasteiger partial charge in [-0.15, -0.1) is 0 Å². The van der Waals surface area contributed by atoms with Crippen LogP contribution in [0.25, 0.3) is 0 Å². The van der Waals surface area contributed by atoms with Gasteiger partial charge in [-0.05, 0) is 40.5 Å². The molecule has 0 aliphatic heterocycles. The SMILES string of the molecule is Cc1cc(NC(=O)c2ccc([N+](=O)[O-])s2)ncc1Br. The van der Waals surface area contributed by atoms with Gasteiger partial charge in [-0.25, -0.2) is 4.98 Å². The smallest absolute Gasteiger partial charge is 0.306 e. The standard InChI is InChI=1S/C11H8BrN3O3S/c1-6-4-9(13-5-7(6)12)14-11(16)8-2-3-10(19-8)15(17)18/h2-5H,1H3,(H,13,14,16). The Balaban J connectivity index is 2.15. The van der Waals surface area contributed by atoms with E-state index in [2.05, 4.69) is 26.2 Å². The first-order valence-corrected chi connectivity index (χ1v) is 6.76. The fourth-order valence-corrected chi connectivity index (χ4v) is 2.27. The highest BCUT2D eigenvalue weighted by Gasteiger charge is 2.15. The van der Waals surface area contributed by atoms with Crippen molar-refractivity contribution in [3.8, 4) is 0 Å². The number of halogens is 1. The predicted molar refractivity (Wildman–Crippen MR) is 75.6 cm³/mol. The van der Waals surface area contributed by atoms with E-state index in [1.54, 1.807) is 12.3 Å². The Kier molecular flexibility index (Phi) is 3.91. The molecule has 0 aliphatic rings. The fraction of sp³-hybridized carbons (Fsp3) is 0.0909. The van der Waals surface area contributed by atoms with Crippen LogP contribution in [0, 0.1) is 17.0 Å². The van der Waals surface area contributed by atoms with Gasteiger partial charge in [0.25, 0.3) is 5.91 Å². The molecule has 0 aromatic carbocycles. The number of anilines is 1. The number of thiophene rings is 1. The van der Waals surface area contributed by atoms with E-state index in [4.69, 9.17) is 0 Å². The number of aromatic nitrogens is 1. The first kappa shape index (κ1) is 13.6. The fourth-order valence-electron chi connectivity index (χ4n) is 1.33. The molecule has 8 heteroatoms. The molecule has 0 spiro atoms. The van der Waals surface area contributed by atoms with Gasteiger partial charge in [-0.1, -0.05) is 11.3 Å². The summed E-state index contributed by atoms with van der Waals surface area (Å²) in [6.45, 7) is 1.87. The molecule has 0 bridgehead atoms. The van der Waals surface area contributed by atoms with Crippen LogP contribution >= 0.6 is 27.3 Å². The number of pyridine rings is 1. The van der Waals surface area contributed by atoms with Crippen molar-refractivity contribution in [2.45, 2.75) is 6.92 Å². The Bertz CT molecular complexity index is 656. The topological polar surface area (TPSA) is 85.1 Å². The molecule has 2 rings (SSSR count). The third kappa shape index (κ3) is 3.15. The second kappa shape index (κ2) is 5.45. The van der Waals surface area contributed by atoms with Crippen LogP contribution in [-0.4, -0.2) is 15.8 Å². The quantitative estimate of drug-likeness (QED) is 0.684. The lowest BCUT2D eigenvalue weighted by atomic mass is 10.3. The molecule has 98 valence electrons. The van der Waals surface area contributed by atoms with Gasteiger partial charge in [0.2, 0.25) is 0 Å². The second-order valence-corrected chi connectivity index (χ2v) is 5.58. The third-order valence-electron chi connectivity index (χ3n) is 2.28. The number of carbonyl (C=O) groups is 1. The largest absolute Gasteiger partial charge is 0.324 e. The van der Waals surface area contributed by atoms with Gasteiger partial charge in [0, 0.05) is 16.7 Å². The van der Waals surface area contributed by atoms with Gasteiger partial charge in [-0.3, -0.25) is 14.9 Å². The molecule has 0 radical (unpaired) electrons. The highest BCUT2D eigenvalue weighted by atomic mass is 79.9. The van der Waals surface area contributed by atoms with Gasteiger partial charge in [0.05, 0.1) is 9.80 Å². The minimum atomic E-state index is -0.524. The summed E-state index contributed by atoms with van der Waals surface area (Å²) in [6, 6.07) is 4.44. The summed E-state index contributed by atoms with van der Waals surface area (Å²) in [7, 11) is 0. The van der Waals surface area contributed by atoms with Crippen LogP contribution in [0.15, 0.2) is 28.9 Å². The first-order valence-electron chi connectivity index (χ1n) is 5.15. The van der Waals surface area contributed by atoms with Crippen molar-refractivity contribution >= 4 is 44.0 Å². The van der Waals surface area contributed by atoms with E-state index in [1.807, 2.05) is 6.92 Å². The molecule has 6 nitrogen and oxygen atoms in total. The maximum atomic E-state index is 11.9. The van der Waals surface area contributed by atoms with E-state index < -0.39 is 10.8 Å². The van der Waals surface area contributed by atoms with Crippen LogP contribution in [0.1, 0.15) is 15.2 Å². The number of nitro groups is 1. The highest BCUT2D eigenvalue weighted by Crippen LogP contribution is 2.25. The normalized spacial score (nSPS) is 10.2. The van der Waals surface area contributed by atoms with Crippen LogP contribution in [0.4, 0.5) is 10.8 Å². The minimum Gasteiger partial charge on any atom is -0.306 e. The van der Waals surface area contributed by atoms with Gasteiger partial charge in [0.15, 0.2) is 0 Å². The van der Waals surface area contributed by atoms with E-state index in [1.165, 1.54) is 12.1 Å². The van der Waals surface area contributed by atoms with Crippen molar-refractivity contribution in [3.63, 3.8) is 0 Å². The Hall–Kier alpha value is -1.80. The number of aryl methyl sites for hydroxylation is 1. The molecule has 2 aromatic rings. The van der Waals surface area contributed by atoms with Crippen LogP contribution in [-0.2, 0) is 0 Å². The van der Waals surface area contributed by atoms with Crippen molar-refractivity contribution in [3.05, 3.63) is 49.4 Å². The van der Waals surface area contributed by atoms with Crippen LogP contribution in [0.3, 0.4) is 0 Å². The molecule has 0 fully saturated rings. The molecular weight excluding hydrogens is 334 g/mol. The summed E-state index contributed by atoms with van der Waals surface area (Å²) in [4.78, 5) is 26.2. The monoisotopic (exact) mass is 341 g/mol. The Morgan fingerprint density at radius 2 is 2.26 bits per heavy atom. The van der Waals surface area contributed by atoms with Crippen molar-refractivity contribution < 1.29 is 9.72 Å². The van der Waals surface area contributed by atoms with Crippen molar-refractivity contribution in [2.24, 2.45) is 0 Å². The third-order valence-corrected chi connectivity index (χ3v) is 4.15. The molecule has 2 heterocycles. The van der Waals surface area contributed by atoms with E-state index in [0.717, 1.165) is 21.4 Å². The zero-order valence-electron chi connectivity index (χ0n) is 9.71. The highest BCUT2D eigenvalue weighted by molar-refractivity contribution is 9.10.